The number of rotatable bonds is 2. The lowest BCUT2D eigenvalue weighted by Crippen LogP contribution is -1.95. The van der Waals surface area contributed by atoms with Gasteiger partial charge in [0.05, 0.1) is 12.7 Å². The van der Waals surface area contributed by atoms with E-state index in [4.69, 9.17) is 4.74 Å². The second-order valence-electron chi connectivity index (χ2n) is 2.65. The molecule has 0 fully saturated rings. The van der Waals surface area contributed by atoms with Crippen molar-refractivity contribution in [2.45, 2.75) is 13.3 Å². The van der Waals surface area contributed by atoms with Gasteiger partial charge < -0.3 is 4.74 Å². The fraction of sp³-hybridized carbons (Fsp3) is 0.333. The summed E-state index contributed by atoms with van der Waals surface area (Å²) in [7, 11) is 1.39. The molecule has 1 rings (SSSR count). The molecule has 1 nitrogen and oxygen atoms in total. The SMILES string of the molecule is COc1c(C)cc(Br)cc1C(F)F. The van der Waals surface area contributed by atoms with Crippen molar-refractivity contribution in [1.82, 2.24) is 0 Å². The van der Waals surface area contributed by atoms with Crippen molar-refractivity contribution in [2.24, 2.45) is 0 Å². The van der Waals surface area contributed by atoms with E-state index in [-0.39, 0.29) is 11.3 Å². The molecular weight excluding hydrogens is 242 g/mol. The highest BCUT2D eigenvalue weighted by atomic mass is 79.9. The minimum atomic E-state index is -2.51. The molecule has 72 valence electrons. The molecule has 1 aromatic rings. The average Bonchev–Trinajstić information content (AvgIpc) is 2.02. The summed E-state index contributed by atoms with van der Waals surface area (Å²) < 4.78 is 30.5. The Kier molecular flexibility index (Phi) is 3.25. The van der Waals surface area contributed by atoms with Gasteiger partial charge in [-0.25, -0.2) is 8.78 Å². The molecule has 0 spiro atoms. The van der Waals surface area contributed by atoms with Crippen molar-refractivity contribution < 1.29 is 13.5 Å². The molecule has 4 heteroatoms. The normalized spacial score (nSPS) is 10.6. The molecule has 0 saturated carbocycles. The van der Waals surface area contributed by atoms with Crippen molar-refractivity contribution >= 4 is 15.9 Å². The summed E-state index contributed by atoms with van der Waals surface area (Å²) in [6.45, 7) is 1.73. The van der Waals surface area contributed by atoms with Gasteiger partial charge in [0.1, 0.15) is 5.75 Å². The number of ether oxygens (including phenoxy) is 1. The lowest BCUT2D eigenvalue weighted by Gasteiger charge is -2.11. The largest absolute Gasteiger partial charge is 0.496 e. The van der Waals surface area contributed by atoms with Crippen LogP contribution in [-0.4, -0.2) is 7.11 Å². The highest BCUT2D eigenvalue weighted by Gasteiger charge is 2.16. The maximum absolute atomic E-state index is 12.5. The van der Waals surface area contributed by atoms with Crippen LogP contribution in [0.2, 0.25) is 0 Å². The first-order valence-corrected chi connectivity index (χ1v) is 4.47. The molecule has 0 saturated heterocycles. The number of methoxy groups -OCH3 is 1. The Bertz CT molecular complexity index is 313. The Morgan fingerprint density at radius 1 is 1.38 bits per heavy atom. The molecule has 0 radical (unpaired) electrons. The van der Waals surface area contributed by atoms with Crippen LogP contribution in [0.3, 0.4) is 0 Å². The minimum absolute atomic E-state index is 0.0747. The van der Waals surface area contributed by atoms with Crippen LogP contribution in [0.15, 0.2) is 16.6 Å². The maximum atomic E-state index is 12.5. The number of alkyl halides is 2. The molecule has 1 aromatic carbocycles. The quantitative estimate of drug-likeness (QED) is 0.778. The molecule has 0 N–H and O–H groups in total. The van der Waals surface area contributed by atoms with Gasteiger partial charge in [-0.1, -0.05) is 15.9 Å². The van der Waals surface area contributed by atoms with Gasteiger partial charge in [-0.3, -0.25) is 0 Å². The molecule has 0 bridgehead atoms. The number of hydrogen-bond acceptors (Lipinski definition) is 1. The summed E-state index contributed by atoms with van der Waals surface area (Å²) in [5, 5.41) is 0. The molecule has 0 aliphatic carbocycles. The van der Waals surface area contributed by atoms with Crippen LogP contribution in [0.25, 0.3) is 0 Å². The minimum Gasteiger partial charge on any atom is -0.496 e. The number of halogens is 3. The van der Waals surface area contributed by atoms with Gasteiger partial charge in [0.2, 0.25) is 0 Å². The predicted molar refractivity (Wildman–Crippen MR) is 50.4 cm³/mol. The summed E-state index contributed by atoms with van der Waals surface area (Å²) in [6, 6.07) is 3.11. The van der Waals surface area contributed by atoms with Gasteiger partial charge in [-0.05, 0) is 24.6 Å². The van der Waals surface area contributed by atoms with Gasteiger partial charge >= 0.3 is 0 Å². The van der Waals surface area contributed by atoms with E-state index >= 15 is 0 Å². The molecule has 0 aliphatic heterocycles. The van der Waals surface area contributed by atoms with Gasteiger partial charge in [0.25, 0.3) is 6.43 Å². The first-order valence-electron chi connectivity index (χ1n) is 3.68. The third-order valence-electron chi connectivity index (χ3n) is 1.71. The van der Waals surface area contributed by atoms with E-state index in [9.17, 15) is 8.78 Å². The van der Waals surface area contributed by atoms with E-state index in [1.54, 1.807) is 13.0 Å². The maximum Gasteiger partial charge on any atom is 0.267 e. The molecule has 0 atom stereocenters. The Hall–Kier alpha value is -0.640. The van der Waals surface area contributed by atoms with E-state index in [1.807, 2.05) is 0 Å². The molecule has 0 aromatic heterocycles. The Labute approximate surface area is 83.8 Å². The third-order valence-corrected chi connectivity index (χ3v) is 2.17. The van der Waals surface area contributed by atoms with E-state index in [0.717, 1.165) is 0 Å². The van der Waals surface area contributed by atoms with Crippen LogP contribution in [0.4, 0.5) is 8.78 Å². The highest BCUT2D eigenvalue weighted by Crippen LogP contribution is 2.34. The van der Waals surface area contributed by atoms with E-state index in [0.29, 0.717) is 10.0 Å². The standard InChI is InChI=1S/C9H9BrF2O/c1-5-3-6(10)4-7(9(11)12)8(5)13-2/h3-4,9H,1-2H3. The second-order valence-corrected chi connectivity index (χ2v) is 3.56. The third kappa shape index (κ3) is 2.18. The molecule has 0 aliphatic rings. The van der Waals surface area contributed by atoms with E-state index in [2.05, 4.69) is 15.9 Å². The zero-order valence-corrected chi connectivity index (χ0v) is 8.86. The topological polar surface area (TPSA) is 9.23 Å². The van der Waals surface area contributed by atoms with E-state index < -0.39 is 6.43 Å². The van der Waals surface area contributed by atoms with Gasteiger partial charge in [0.15, 0.2) is 0 Å². The van der Waals surface area contributed by atoms with Crippen molar-refractivity contribution in [1.29, 1.82) is 0 Å². The monoisotopic (exact) mass is 250 g/mol. The first kappa shape index (κ1) is 10.4. The van der Waals surface area contributed by atoms with Crippen LogP contribution in [0, 0.1) is 6.92 Å². The van der Waals surface area contributed by atoms with Crippen LogP contribution in [0.5, 0.6) is 5.75 Å². The van der Waals surface area contributed by atoms with Crippen molar-refractivity contribution in [3.63, 3.8) is 0 Å². The highest BCUT2D eigenvalue weighted by molar-refractivity contribution is 9.10. The fourth-order valence-corrected chi connectivity index (χ4v) is 1.79. The van der Waals surface area contributed by atoms with Gasteiger partial charge in [0, 0.05) is 4.47 Å². The van der Waals surface area contributed by atoms with E-state index in [1.165, 1.54) is 13.2 Å². The molecule has 13 heavy (non-hydrogen) atoms. The predicted octanol–water partition coefficient (Wildman–Crippen LogP) is 3.70. The lowest BCUT2D eigenvalue weighted by molar-refractivity contribution is 0.147. The summed E-state index contributed by atoms with van der Waals surface area (Å²) in [6.07, 6.45) is -2.51. The number of aryl methyl sites for hydroxylation is 1. The smallest absolute Gasteiger partial charge is 0.267 e. The van der Waals surface area contributed by atoms with Crippen LogP contribution in [0.1, 0.15) is 17.6 Å². The van der Waals surface area contributed by atoms with Crippen molar-refractivity contribution in [2.75, 3.05) is 7.11 Å². The van der Waals surface area contributed by atoms with Crippen LogP contribution < -0.4 is 4.74 Å². The van der Waals surface area contributed by atoms with Crippen molar-refractivity contribution in [3.8, 4) is 5.75 Å². The fourth-order valence-electron chi connectivity index (χ4n) is 1.20. The summed E-state index contributed by atoms with van der Waals surface area (Å²) in [5.74, 6) is 0.262. The average molecular weight is 251 g/mol. The second kappa shape index (κ2) is 4.05. The zero-order chi connectivity index (χ0) is 10.0. The Balaban J connectivity index is 3.29. The molecular formula is C9H9BrF2O. The van der Waals surface area contributed by atoms with Crippen molar-refractivity contribution in [3.05, 3.63) is 27.7 Å². The molecule has 0 heterocycles. The zero-order valence-electron chi connectivity index (χ0n) is 7.27. The Morgan fingerprint density at radius 3 is 2.46 bits per heavy atom. The number of benzene rings is 1. The summed E-state index contributed by atoms with van der Waals surface area (Å²) >= 11 is 3.16. The first-order chi connectivity index (χ1) is 6.06. The van der Waals surface area contributed by atoms with Crippen LogP contribution in [-0.2, 0) is 0 Å². The summed E-state index contributed by atoms with van der Waals surface area (Å²) in [5.41, 5.74) is 0.626. The van der Waals surface area contributed by atoms with Crippen LogP contribution >= 0.6 is 15.9 Å². The van der Waals surface area contributed by atoms with Gasteiger partial charge in [-0.15, -0.1) is 0 Å². The Morgan fingerprint density at radius 2 is 2.00 bits per heavy atom. The molecule has 0 unspecified atom stereocenters. The molecule has 0 amide bonds. The lowest BCUT2D eigenvalue weighted by atomic mass is 10.1. The number of hydrogen-bond donors (Lipinski definition) is 0. The van der Waals surface area contributed by atoms with Gasteiger partial charge in [-0.2, -0.15) is 0 Å². The summed E-state index contributed by atoms with van der Waals surface area (Å²) in [4.78, 5) is 0.